The first-order valence-electron chi connectivity index (χ1n) is 6.02. The van der Waals surface area contributed by atoms with Gasteiger partial charge >= 0.3 is 5.97 Å². The van der Waals surface area contributed by atoms with Gasteiger partial charge in [-0.25, -0.2) is 0 Å². The molecular formula is C12H23NO2S. The molecule has 0 saturated carbocycles. The van der Waals surface area contributed by atoms with E-state index >= 15 is 0 Å². The molecule has 1 unspecified atom stereocenters. The second-order valence-corrected chi connectivity index (χ2v) is 5.14. The second-order valence-electron chi connectivity index (χ2n) is 4.78. The van der Waals surface area contributed by atoms with Crippen molar-refractivity contribution in [2.24, 2.45) is 11.8 Å². The summed E-state index contributed by atoms with van der Waals surface area (Å²) in [6, 6.07) is 0.605. The maximum absolute atomic E-state index is 11.6. The predicted molar refractivity (Wildman–Crippen MR) is 68.8 cm³/mol. The summed E-state index contributed by atoms with van der Waals surface area (Å²) in [6.45, 7) is 6.61. The summed E-state index contributed by atoms with van der Waals surface area (Å²) in [7, 11) is 1.46. The number of rotatable bonds is 4. The minimum atomic E-state index is -0.0991. The first kappa shape index (κ1) is 13.8. The summed E-state index contributed by atoms with van der Waals surface area (Å²) in [5.74, 6) is 0.916. The number of likely N-dealkylation sites (tertiary alicyclic amines) is 1. The van der Waals surface area contributed by atoms with Gasteiger partial charge in [0, 0.05) is 11.8 Å². The number of carbonyl (C=O) groups is 1. The Balaban J connectivity index is 2.48. The van der Waals surface area contributed by atoms with Gasteiger partial charge in [0.25, 0.3) is 0 Å². The Hall–Kier alpha value is -0.220. The number of hydrogen-bond donors (Lipinski definition) is 1. The van der Waals surface area contributed by atoms with E-state index in [2.05, 4.69) is 31.4 Å². The topological polar surface area (TPSA) is 29.5 Å². The van der Waals surface area contributed by atoms with Crippen LogP contribution in [0.4, 0.5) is 0 Å². The van der Waals surface area contributed by atoms with Gasteiger partial charge in [-0.1, -0.05) is 0 Å². The largest absolute Gasteiger partial charge is 0.469 e. The van der Waals surface area contributed by atoms with Gasteiger partial charge in [0.15, 0.2) is 0 Å². The fraction of sp³-hybridized carbons (Fsp3) is 0.917. The van der Waals surface area contributed by atoms with Crippen LogP contribution < -0.4 is 0 Å². The molecule has 94 valence electrons. The lowest BCUT2D eigenvalue weighted by atomic mass is 9.85. The van der Waals surface area contributed by atoms with Crippen LogP contribution in [-0.4, -0.2) is 42.9 Å². The smallest absolute Gasteiger partial charge is 0.309 e. The average Bonchev–Trinajstić information content (AvgIpc) is 2.30. The van der Waals surface area contributed by atoms with Crippen molar-refractivity contribution in [2.75, 3.05) is 26.0 Å². The quantitative estimate of drug-likeness (QED) is 0.605. The Morgan fingerprint density at radius 1 is 1.44 bits per heavy atom. The van der Waals surface area contributed by atoms with Crippen molar-refractivity contribution in [1.29, 1.82) is 0 Å². The molecule has 0 spiro atoms. The van der Waals surface area contributed by atoms with Gasteiger partial charge in [0.2, 0.25) is 0 Å². The van der Waals surface area contributed by atoms with Gasteiger partial charge in [-0.05, 0) is 45.7 Å². The molecule has 0 radical (unpaired) electrons. The molecule has 3 nitrogen and oxygen atoms in total. The molecule has 1 heterocycles. The molecule has 16 heavy (non-hydrogen) atoms. The van der Waals surface area contributed by atoms with Crippen LogP contribution in [0.25, 0.3) is 0 Å². The molecule has 4 heteroatoms. The van der Waals surface area contributed by atoms with E-state index < -0.39 is 0 Å². The Morgan fingerprint density at radius 3 is 2.38 bits per heavy atom. The summed E-state index contributed by atoms with van der Waals surface area (Å²) in [5.41, 5.74) is 0. The van der Waals surface area contributed by atoms with E-state index in [1.54, 1.807) is 0 Å². The Kier molecular flexibility index (Phi) is 5.62. The lowest BCUT2D eigenvalue weighted by Gasteiger charge is -2.36. The van der Waals surface area contributed by atoms with E-state index in [9.17, 15) is 4.79 Å². The summed E-state index contributed by atoms with van der Waals surface area (Å²) in [6.07, 6.45) is 2.16. The Labute approximate surface area is 104 Å². The van der Waals surface area contributed by atoms with Crippen LogP contribution in [0.5, 0.6) is 0 Å². The number of carbonyl (C=O) groups excluding carboxylic acids is 1. The maximum atomic E-state index is 11.6. The van der Waals surface area contributed by atoms with Crippen molar-refractivity contribution in [3.05, 3.63) is 0 Å². The average molecular weight is 245 g/mol. The van der Waals surface area contributed by atoms with Crippen LogP contribution in [0.1, 0.15) is 26.7 Å². The summed E-state index contributed by atoms with van der Waals surface area (Å²) in [4.78, 5) is 14.0. The highest BCUT2D eigenvalue weighted by Crippen LogP contribution is 2.27. The van der Waals surface area contributed by atoms with E-state index in [1.807, 2.05) is 0 Å². The highest BCUT2D eigenvalue weighted by Gasteiger charge is 2.31. The molecule has 1 aliphatic rings. The molecular weight excluding hydrogens is 222 g/mol. The molecule has 0 amide bonds. The predicted octanol–water partition coefficient (Wildman–Crippen LogP) is 1.83. The van der Waals surface area contributed by atoms with Crippen LogP contribution in [0, 0.1) is 11.8 Å². The fourth-order valence-electron chi connectivity index (χ4n) is 2.41. The molecule has 0 aromatic rings. The van der Waals surface area contributed by atoms with Gasteiger partial charge in [-0.3, -0.25) is 4.79 Å². The SMILES string of the molecule is COC(=O)C(CS)C1CCN(C(C)C)CC1. The highest BCUT2D eigenvalue weighted by molar-refractivity contribution is 7.80. The van der Waals surface area contributed by atoms with E-state index in [1.165, 1.54) is 7.11 Å². The summed E-state index contributed by atoms with van der Waals surface area (Å²) >= 11 is 4.27. The van der Waals surface area contributed by atoms with Gasteiger partial charge in [0.1, 0.15) is 0 Å². The zero-order valence-corrected chi connectivity index (χ0v) is 11.4. The molecule has 0 aliphatic carbocycles. The van der Waals surface area contributed by atoms with Crippen LogP contribution in [0.3, 0.4) is 0 Å². The van der Waals surface area contributed by atoms with Gasteiger partial charge in [-0.2, -0.15) is 12.6 Å². The van der Waals surface area contributed by atoms with Crippen LogP contribution >= 0.6 is 12.6 Å². The van der Waals surface area contributed by atoms with Crippen molar-refractivity contribution in [3.8, 4) is 0 Å². The first-order chi connectivity index (χ1) is 7.60. The molecule has 1 aliphatic heterocycles. The first-order valence-corrected chi connectivity index (χ1v) is 6.66. The zero-order chi connectivity index (χ0) is 12.1. The number of thiol groups is 1. The number of ether oxygens (including phenoxy) is 1. The van der Waals surface area contributed by atoms with Gasteiger partial charge in [-0.15, -0.1) is 0 Å². The van der Waals surface area contributed by atoms with Crippen molar-refractivity contribution in [3.63, 3.8) is 0 Å². The Bertz CT molecular complexity index is 225. The number of piperidine rings is 1. The normalized spacial score (nSPS) is 21.1. The van der Waals surface area contributed by atoms with E-state index in [-0.39, 0.29) is 11.9 Å². The monoisotopic (exact) mass is 245 g/mol. The standard InChI is InChI=1S/C12H23NO2S/c1-9(2)13-6-4-10(5-7-13)11(8-16)12(14)15-3/h9-11,16H,4-8H2,1-3H3. The summed E-state index contributed by atoms with van der Waals surface area (Å²) in [5, 5.41) is 0. The lowest BCUT2D eigenvalue weighted by molar-refractivity contribution is -0.147. The summed E-state index contributed by atoms with van der Waals surface area (Å²) < 4.78 is 4.83. The Morgan fingerprint density at radius 2 is 2.00 bits per heavy atom. The third-order valence-electron chi connectivity index (χ3n) is 3.57. The molecule has 0 N–H and O–H groups in total. The molecule has 1 fully saturated rings. The number of methoxy groups -OCH3 is 1. The molecule has 0 aromatic heterocycles. The lowest BCUT2D eigenvalue weighted by Crippen LogP contribution is -2.42. The van der Waals surface area contributed by atoms with Crippen LogP contribution in [0.2, 0.25) is 0 Å². The van der Waals surface area contributed by atoms with E-state index in [4.69, 9.17) is 4.74 Å². The molecule has 0 aromatic carbocycles. The van der Waals surface area contributed by atoms with Gasteiger partial charge in [0.05, 0.1) is 13.0 Å². The van der Waals surface area contributed by atoms with Crippen molar-refractivity contribution < 1.29 is 9.53 Å². The molecule has 1 saturated heterocycles. The van der Waals surface area contributed by atoms with Crippen LogP contribution in [-0.2, 0) is 9.53 Å². The number of hydrogen-bond acceptors (Lipinski definition) is 4. The van der Waals surface area contributed by atoms with Crippen molar-refractivity contribution in [2.45, 2.75) is 32.7 Å². The van der Waals surface area contributed by atoms with Crippen molar-refractivity contribution >= 4 is 18.6 Å². The third-order valence-corrected chi connectivity index (χ3v) is 3.97. The van der Waals surface area contributed by atoms with Crippen LogP contribution in [0.15, 0.2) is 0 Å². The van der Waals surface area contributed by atoms with Crippen molar-refractivity contribution in [1.82, 2.24) is 4.90 Å². The minimum absolute atomic E-state index is 0.0253. The number of esters is 1. The van der Waals surface area contributed by atoms with E-state index in [0.717, 1.165) is 25.9 Å². The highest BCUT2D eigenvalue weighted by atomic mass is 32.1. The molecule has 0 bridgehead atoms. The second kappa shape index (κ2) is 6.50. The zero-order valence-electron chi connectivity index (χ0n) is 10.5. The fourth-order valence-corrected chi connectivity index (χ4v) is 2.85. The van der Waals surface area contributed by atoms with E-state index in [0.29, 0.717) is 17.7 Å². The third kappa shape index (κ3) is 3.39. The minimum Gasteiger partial charge on any atom is -0.469 e. The number of nitrogens with zero attached hydrogens (tertiary/aromatic N) is 1. The molecule has 1 rings (SSSR count). The van der Waals surface area contributed by atoms with Gasteiger partial charge < -0.3 is 9.64 Å². The molecule has 1 atom stereocenters. The maximum Gasteiger partial charge on any atom is 0.309 e.